The Hall–Kier alpha value is -1.14. The quantitative estimate of drug-likeness (QED) is 0.155. The molecule has 0 unspecified atom stereocenters. The number of rotatable bonds is 7. The Morgan fingerprint density at radius 1 is 1.02 bits per heavy atom. The van der Waals surface area contributed by atoms with Crippen molar-refractivity contribution in [1.82, 2.24) is 19.5 Å². The topological polar surface area (TPSA) is 124 Å². The van der Waals surface area contributed by atoms with Crippen LogP contribution in [-0.2, 0) is 29.0 Å². The third kappa shape index (κ3) is 6.28. The van der Waals surface area contributed by atoms with E-state index in [9.17, 15) is 4.79 Å². The first-order valence-electron chi connectivity index (χ1n) is 13.8. The molecule has 0 spiro atoms. The number of alkyl halides is 1. The van der Waals surface area contributed by atoms with Crippen LogP contribution in [-0.4, -0.2) is 64.9 Å². The normalized spacial score (nSPS) is 25.0. The van der Waals surface area contributed by atoms with E-state index in [-0.39, 0.29) is 15.9 Å². The van der Waals surface area contributed by atoms with Crippen LogP contribution in [0.25, 0.3) is 11.2 Å². The predicted molar refractivity (Wildman–Crippen MR) is 171 cm³/mol. The van der Waals surface area contributed by atoms with Crippen molar-refractivity contribution in [3.8, 4) is 0 Å². The molecule has 0 aliphatic carbocycles. The van der Waals surface area contributed by atoms with E-state index in [4.69, 9.17) is 24.1 Å². The van der Waals surface area contributed by atoms with E-state index in [1.807, 2.05) is 20.8 Å². The molecule has 2 aromatic heterocycles. The monoisotopic (exact) mass is 705 g/mol. The van der Waals surface area contributed by atoms with Gasteiger partial charge in [-0.15, -0.1) is 0 Å². The van der Waals surface area contributed by atoms with E-state index < -0.39 is 50.1 Å². The summed E-state index contributed by atoms with van der Waals surface area (Å²) in [5, 5.41) is -0.0409. The van der Waals surface area contributed by atoms with Crippen molar-refractivity contribution < 1.29 is 23.1 Å². The Morgan fingerprint density at radius 2 is 1.60 bits per heavy atom. The fourth-order valence-electron chi connectivity index (χ4n) is 3.72. The van der Waals surface area contributed by atoms with Crippen LogP contribution in [0.1, 0.15) is 62.3 Å². The number of nitrogens with two attached hydrogens (primary N) is 1. The van der Waals surface area contributed by atoms with Gasteiger partial charge in [-0.05, 0) is 57.0 Å². The summed E-state index contributed by atoms with van der Waals surface area (Å²) in [5.74, 6) is -1.79. The Balaban J connectivity index is 2.19. The average Bonchev–Trinajstić information content (AvgIpc) is 3.32. The van der Waals surface area contributed by atoms with Crippen LogP contribution in [0.3, 0.4) is 0 Å². The molecule has 226 valence electrons. The van der Waals surface area contributed by atoms with Crippen molar-refractivity contribution in [2.45, 2.75) is 121 Å². The number of nitrogen functional groups attached to an aromatic ring is 1. The zero-order valence-electron chi connectivity index (χ0n) is 26.4. The Labute approximate surface area is 254 Å². The molecule has 4 atom stereocenters. The molecule has 1 aliphatic heterocycles. The van der Waals surface area contributed by atoms with Gasteiger partial charge in [0.05, 0.1) is 18.1 Å². The van der Waals surface area contributed by atoms with Crippen molar-refractivity contribution in [2.24, 2.45) is 5.41 Å². The summed E-state index contributed by atoms with van der Waals surface area (Å²) in [5.41, 5.74) is 6.15. The van der Waals surface area contributed by atoms with Gasteiger partial charge in [0.2, 0.25) is 0 Å². The number of carbonyl (C=O) groups is 1. The number of hydrogen-bond donors (Lipinski definition) is 1. The highest BCUT2D eigenvalue weighted by atomic mass is 127. The number of aromatic nitrogens is 4. The Morgan fingerprint density at radius 3 is 2.12 bits per heavy atom. The number of esters is 1. The number of hydrogen-bond acceptors (Lipinski definition) is 9. The molecule has 10 nitrogen and oxygen atoms in total. The van der Waals surface area contributed by atoms with Crippen LogP contribution in [0, 0.1) is 5.41 Å². The third-order valence-corrected chi connectivity index (χ3v) is 19.0. The van der Waals surface area contributed by atoms with Crippen LogP contribution in [0.4, 0.5) is 5.82 Å². The minimum atomic E-state index is -2.29. The number of imidazole rings is 1. The van der Waals surface area contributed by atoms with Crippen LogP contribution in [0.2, 0.25) is 36.3 Å². The molecule has 1 fully saturated rings. The number of nitrogens with zero attached hydrogens (tertiary/aromatic N) is 4. The summed E-state index contributed by atoms with van der Waals surface area (Å²) in [7, 11) is -4.43. The fourth-order valence-corrected chi connectivity index (χ4v) is 7.52. The highest BCUT2D eigenvalue weighted by Crippen LogP contribution is 2.49. The van der Waals surface area contributed by atoms with E-state index in [1.165, 1.54) is 6.33 Å². The van der Waals surface area contributed by atoms with Gasteiger partial charge >= 0.3 is 11.9 Å². The smallest absolute Gasteiger partial charge is 0.319 e. The molecule has 1 aliphatic rings. The van der Waals surface area contributed by atoms with E-state index in [1.54, 1.807) is 10.9 Å². The first kappa shape index (κ1) is 33.4. The molecule has 40 heavy (non-hydrogen) atoms. The summed E-state index contributed by atoms with van der Waals surface area (Å²) in [6.45, 7) is 27.8. The van der Waals surface area contributed by atoms with E-state index in [0.717, 1.165) is 0 Å². The minimum Gasteiger partial charge on any atom is -0.414 e. The maximum Gasteiger partial charge on any atom is 0.319 e. The van der Waals surface area contributed by atoms with Crippen molar-refractivity contribution in [3.63, 3.8) is 0 Å². The maximum absolute atomic E-state index is 13.5. The third-order valence-electron chi connectivity index (χ3n) is 8.52. The van der Waals surface area contributed by atoms with E-state index in [2.05, 4.69) is 105 Å². The van der Waals surface area contributed by atoms with Gasteiger partial charge in [0, 0.05) is 0 Å². The lowest BCUT2D eigenvalue weighted by Gasteiger charge is -2.41. The van der Waals surface area contributed by atoms with Gasteiger partial charge in [-0.1, -0.05) is 64.1 Å². The second-order valence-corrected chi connectivity index (χ2v) is 25.7. The fraction of sp³-hybridized carbons (Fsp3) is 0.778. The maximum atomic E-state index is 13.5. The Kier molecular flexibility index (Phi) is 9.05. The number of halogens is 1. The number of carbonyl (C=O) groups excluding carboxylic acids is 1. The number of ether oxygens (including phenoxy) is 2. The predicted octanol–water partition coefficient (Wildman–Crippen LogP) is 6.22. The van der Waals surface area contributed by atoms with Crippen LogP contribution in [0.15, 0.2) is 12.7 Å². The summed E-state index contributed by atoms with van der Waals surface area (Å²) < 4.78 is 28.2. The van der Waals surface area contributed by atoms with Crippen molar-refractivity contribution in [2.75, 3.05) is 12.3 Å². The van der Waals surface area contributed by atoms with Gasteiger partial charge < -0.3 is 24.1 Å². The van der Waals surface area contributed by atoms with Gasteiger partial charge in [0.15, 0.2) is 28.1 Å². The first-order chi connectivity index (χ1) is 17.9. The van der Waals surface area contributed by atoms with Gasteiger partial charge in [-0.2, -0.15) is 0 Å². The summed E-state index contributed by atoms with van der Waals surface area (Å²) in [6.07, 6.45) is 1.97. The molecule has 0 saturated carbocycles. The van der Waals surface area contributed by atoms with E-state index in [0.29, 0.717) is 17.8 Å². The summed E-state index contributed by atoms with van der Waals surface area (Å²) >= 11 is 2.30. The molecule has 3 rings (SSSR count). The van der Waals surface area contributed by atoms with Gasteiger partial charge in [0.1, 0.15) is 28.2 Å². The molecule has 3 heterocycles. The van der Waals surface area contributed by atoms with Crippen LogP contribution >= 0.6 is 22.6 Å². The molecule has 1 saturated heterocycles. The highest BCUT2D eigenvalue weighted by Gasteiger charge is 2.62. The molecule has 0 radical (unpaired) electrons. The molecular weight excluding hydrogens is 657 g/mol. The molecule has 0 aromatic carbocycles. The largest absolute Gasteiger partial charge is 0.414 e. The Bertz CT molecular complexity index is 1230. The number of fused-ring (bicyclic) bond motifs is 1. The van der Waals surface area contributed by atoms with Gasteiger partial charge in [-0.3, -0.25) is 9.36 Å². The van der Waals surface area contributed by atoms with E-state index >= 15 is 0 Å². The second kappa shape index (κ2) is 10.9. The molecule has 2 aromatic rings. The summed E-state index contributed by atoms with van der Waals surface area (Å²) in [4.78, 5) is 26.5. The van der Waals surface area contributed by atoms with Crippen molar-refractivity contribution in [3.05, 3.63) is 12.7 Å². The van der Waals surface area contributed by atoms with Gasteiger partial charge in [-0.25, -0.2) is 15.0 Å². The van der Waals surface area contributed by atoms with Crippen LogP contribution in [0.5, 0.6) is 0 Å². The van der Waals surface area contributed by atoms with Crippen molar-refractivity contribution >= 4 is 62.2 Å². The first-order valence-corrected chi connectivity index (χ1v) is 20.8. The van der Waals surface area contributed by atoms with Crippen LogP contribution < -0.4 is 5.73 Å². The molecule has 2 N–H and O–H groups in total. The lowest BCUT2D eigenvalue weighted by molar-refractivity contribution is -0.271. The van der Waals surface area contributed by atoms with Gasteiger partial charge in [0.25, 0.3) is 0 Å². The molecule has 0 bridgehead atoms. The second-order valence-electron chi connectivity index (χ2n) is 14.8. The lowest BCUT2D eigenvalue weighted by Crippen LogP contribution is -2.52. The summed E-state index contributed by atoms with van der Waals surface area (Å²) in [6, 6.07) is 0. The highest BCUT2D eigenvalue weighted by molar-refractivity contribution is 14.1. The SMILES string of the molecule is CC(C)(C)C(=O)O[C@@]1(n2cnc3c(N)ncnc32)O[C@H](CO[Si](C)(C)C(C)(C)C)[C@@H](O[Si](C)(C)C(C)(C)C)[C@@H]1I. The zero-order chi connectivity index (χ0) is 30.7. The average molecular weight is 706 g/mol. The molecule has 0 amide bonds. The minimum absolute atomic E-state index is 0.00982. The molecule has 13 heteroatoms. The lowest BCUT2D eigenvalue weighted by atomic mass is 9.97. The zero-order valence-corrected chi connectivity index (χ0v) is 30.5. The standard InChI is InChI=1S/C27H48IN5O5Si2/c1-24(2,3)23(34)37-27(33-16-32-18-21(29)30-15-31-22(18)33)20(28)19(38-40(12,13)26(7,8)9)17(36-27)14-35-39(10,11)25(4,5)6/h15-17,19-20H,14H2,1-13H3,(H2,29,30,31)/t17-,19-,20+,27+/m1/s1. The number of anilines is 1. The van der Waals surface area contributed by atoms with Crippen molar-refractivity contribution in [1.29, 1.82) is 0 Å². The molecular formula is C27H48IN5O5Si2.